The first-order valence-electron chi connectivity index (χ1n) is 17.3. The van der Waals surface area contributed by atoms with Crippen LogP contribution < -0.4 is 0 Å². The number of phenolic OH excluding ortho intramolecular Hbond substituents is 5. The summed E-state index contributed by atoms with van der Waals surface area (Å²) in [4.78, 5) is 36.9. The lowest BCUT2D eigenvalue weighted by molar-refractivity contribution is -0.138. The average Bonchev–Trinajstić information content (AvgIpc) is 3.13. The molecule has 8 N–H and O–H groups in total. The number of aliphatic hydroxyl groups is 3. The van der Waals surface area contributed by atoms with Crippen LogP contribution in [0.2, 0.25) is 0 Å². The minimum atomic E-state index is -1.27. The minimum absolute atomic E-state index is 0.0520. The Morgan fingerprint density at radius 3 is 1.21 bits per heavy atom. The summed E-state index contributed by atoms with van der Waals surface area (Å²) < 4.78 is 37.7. The Bertz CT molecular complexity index is 1590. The van der Waals surface area contributed by atoms with E-state index in [9.17, 15) is 55.2 Å². The van der Waals surface area contributed by atoms with Gasteiger partial charge in [0.2, 0.25) is 0 Å². The number of carbonyl (C=O) groups is 3. The fourth-order valence-electron chi connectivity index (χ4n) is 4.97. The molecule has 0 saturated heterocycles. The van der Waals surface area contributed by atoms with Crippen molar-refractivity contribution in [2.75, 3.05) is 66.3 Å². The van der Waals surface area contributed by atoms with Gasteiger partial charge in [-0.1, -0.05) is 6.92 Å². The van der Waals surface area contributed by atoms with E-state index in [4.69, 9.17) is 33.2 Å². The molecule has 56 heavy (non-hydrogen) atoms. The molecule has 0 saturated carbocycles. The maximum absolute atomic E-state index is 12.4. The zero-order valence-electron chi connectivity index (χ0n) is 30.9. The predicted molar refractivity (Wildman–Crippen MR) is 192 cm³/mol. The van der Waals surface area contributed by atoms with Crippen LogP contribution >= 0.6 is 0 Å². The van der Waals surface area contributed by atoms with E-state index in [-0.39, 0.29) is 91.9 Å². The van der Waals surface area contributed by atoms with Crippen LogP contribution in [-0.2, 0) is 33.2 Å². The van der Waals surface area contributed by atoms with E-state index in [1.54, 1.807) is 13.8 Å². The van der Waals surface area contributed by atoms with Gasteiger partial charge in [-0.15, -0.1) is 0 Å². The van der Waals surface area contributed by atoms with Crippen LogP contribution in [-0.4, -0.2) is 143 Å². The number of hydrogen-bond donors (Lipinski definition) is 8. The van der Waals surface area contributed by atoms with E-state index < -0.39 is 61.5 Å². The molecule has 4 atom stereocenters. The third kappa shape index (κ3) is 15.9. The summed E-state index contributed by atoms with van der Waals surface area (Å²) >= 11 is 0. The SMILES string of the molecule is CCC(COCOCC(O)COC(=O)c1cc(O)cc(O)c1)(COCC(O)COC(=O)c1cc(C)cc(O)c1)COCC(O)COC(=O)c1cc(O)cc(O)c1. The maximum atomic E-state index is 12.4. The topological polar surface area (TPSA) is 278 Å². The first kappa shape index (κ1) is 45.2. The van der Waals surface area contributed by atoms with Crippen LogP contribution in [0, 0.1) is 12.3 Å². The van der Waals surface area contributed by atoms with Crippen molar-refractivity contribution < 1.29 is 88.4 Å². The molecule has 0 aliphatic heterocycles. The highest BCUT2D eigenvalue weighted by molar-refractivity contribution is 5.91. The quantitative estimate of drug-likeness (QED) is 0.0278. The van der Waals surface area contributed by atoms with Crippen molar-refractivity contribution in [3.8, 4) is 28.7 Å². The zero-order valence-corrected chi connectivity index (χ0v) is 30.9. The highest BCUT2D eigenvalue weighted by Gasteiger charge is 2.31. The van der Waals surface area contributed by atoms with E-state index in [2.05, 4.69) is 0 Å². The Morgan fingerprint density at radius 2 is 0.839 bits per heavy atom. The number of aliphatic hydroxyl groups excluding tert-OH is 3. The van der Waals surface area contributed by atoms with Gasteiger partial charge in [0.15, 0.2) is 0 Å². The Hall–Kier alpha value is -5.21. The number of hydrogen-bond acceptors (Lipinski definition) is 18. The second-order valence-corrected chi connectivity index (χ2v) is 13.0. The first-order valence-corrected chi connectivity index (χ1v) is 17.3. The van der Waals surface area contributed by atoms with Crippen molar-refractivity contribution in [3.05, 3.63) is 76.9 Å². The molecule has 3 aromatic carbocycles. The zero-order chi connectivity index (χ0) is 41.3. The molecule has 0 bridgehead atoms. The molecule has 18 nitrogen and oxygen atoms in total. The molecule has 308 valence electrons. The van der Waals surface area contributed by atoms with Crippen LogP contribution in [0.25, 0.3) is 0 Å². The van der Waals surface area contributed by atoms with Crippen LogP contribution in [0.3, 0.4) is 0 Å². The molecule has 0 amide bonds. The van der Waals surface area contributed by atoms with Crippen LogP contribution in [0.5, 0.6) is 28.7 Å². The molecule has 3 aromatic rings. The van der Waals surface area contributed by atoms with Crippen LogP contribution in [0.15, 0.2) is 54.6 Å². The van der Waals surface area contributed by atoms with E-state index in [1.165, 1.54) is 18.2 Å². The van der Waals surface area contributed by atoms with E-state index in [0.29, 0.717) is 12.0 Å². The maximum Gasteiger partial charge on any atom is 0.338 e. The number of esters is 3. The van der Waals surface area contributed by atoms with Crippen molar-refractivity contribution in [3.63, 3.8) is 0 Å². The van der Waals surface area contributed by atoms with Gasteiger partial charge in [-0.05, 0) is 61.4 Å². The second-order valence-electron chi connectivity index (χ2n) is 13.0. The van der Waals surface area contributed by atoms with Gasteiger partial charge in [-0.3, -0.25) is 0 Å². The number of aryl methyl sites for hydroxylation is 1. The largest absolute Gasteiger partial charge is 0.508 e. The van der Waals surface area contributed by atoms with E-state index in [1.807, 2.05) is 0 Å². The summed E-state index contributed by atoms with van der Waals surface area (Å²) in [5.41, 5.74) is -0.420. The minimum Gasteiger partial charge on any atom is -0.508 e. The van der Waals surface area contributed by atoms with Crippen molar-refractivity contribution in [1.29, 1.82) is 0 Å². The Morgan fingerprint density at radius 1 is 0.500 bits per heavy atom. The number of ether oxygens (including phenoxy) is 7. The van der Waals surface area contributed by atoms with Crippen molar-refractivity contribution in [2.45, 2.75) is 38.6 Å². The molecule has 0 spiro atoms. The number of rotatable bonds is 24. The van der Waals surface area contributed by atoms with Crippen LogP contribution in [0.1, 0.15) is 50.0 Å². The predicted octanol–water partition coefficient (Wildman–Crippen LogP) is 1.90. The monoisotopic (exact) mass is 792 g/mol. The van der Waals surface area contributed by atoms with Crippen molar-refractivity contribution in [2.24, 2.45) is 5.41 Å². The third-order valence-electron chi connectivity index (χ3n) is 7.87. The Balaban J connectivity index is 1.49. The molecule has 4 unspecified atom stereocenters. The first-order chi connectivity index (χ1) is 26.6. The van der Waals surface area contributed by atoms with Gasteiger partial charge in [0, 0.05) is 17.5 Å². The van der Waals surface area contributed by atoms with Gasteiger partial charge < -0.3 is 74.0 Å². The molecule has 0 aliphatic carbocycles. The summed E-state index contributed by atoms with van der Waals surface area (Å²) in [6, 6.07) is 10.6. The van der Waals surface area contributed by atoms with Gasteiger partial charge in [0.05, 0.1) is 56.3 Å². The average molecular weight is 793 g/mol. The fourth-order valence-corrected chi connectivity index (χ4v) is 4.97. The standard InChI is InChI=1S/C38H48O18/c1-3-38(19-50-13-32(44)16-54-35(47)24-4-23(2)5-27(39)6-24,20-51-14-33(45)17-55-36(48)25-7-28(40)11-29(41)8-25)21-53-22-52-15-34(46)18-56-37(49)26-9-30(42)12-31(43)10-26/h4-12,32-34,39-46H,3,13-22H2,1-2H3. The van der Waals surface area contributed by atoms with Gasteiger partial charge in [-0.25, -0.2) is 14.4 Å². The summed E-state index contributed by atoms with van der Waals surface area (Å²) in [5, 5.41) is 79.1. The number of benzene rings is 3. The highest BCUT2D eigenvalue weighted by atomic mass is 16.7. The van der Waals surface area contributed by atoms with Gasteiger partial charge in [-0.2, -0.15) is 0 Å². The smallest absolute Gasteiger partial charge is 0.338 e. The Labute approximate surface area is 321 Å². The number of phenols is 5. The van der Waals surface area contributed by atoms with Gasteiger partial charge in [0.25, 0.3) is 0 Å². The molecule has 0 aliphatic rings. The summed E-state index contributed by atoms with van der Waals surface area (Å²) in [7, 11) is 0. The molecule has 3 rings (SSSR count). The number of aromatic hydroxyl groups is 5. The third-order valence-corrected chi connectivity index (χ3v) is 7.87. The normalized spacial score (nSPS) is 13.9. The molecule has 0 aromatic heterocycles. The van der Waals surface area contributed by atoms with E-state index >= 15 is 0 Å². The summed E-state index contributed by atoms with van der Waals surface area (Å²) in [6.45, 7) is 0.781. The molecule has 0 heterocycles. The van der Waals surface area contributed by atoms with Gasteiger partial charge in [0.1, 0.15) is 73.7 Å². The molecule has 0 fully saturated rings. The molecular weight excluding hydrogens is 744 g/mol. The summed E-state index contributed by atoms with van der Waals surface area (Å²) in [5.74, 6) is -4.06. The molecular formula is C38H48O18. The summed E-state index contributed by atoms with van der Waals surface area (Å²) in [6.07, 6.45) is -3.37. The highest BCUT2D eigenvalue weighted by Crippen LogP contribution is 2.25. The number of carbonyl (C=O) groups excluding carboxylic acids is 3. The van der Waals surface area contributed by atoms with E-state index in [0.717, 1.165) is 36.4 Å². The lowest BCUT2D eigenvalue weighted by Gasteiger charge is -2.32. The lowest BCUT2D eigenvalue weighted by Crippen LogP contribution is -2.39. The second kappa shape index (κ2) is 22.4. The van der Waals surface area contributed by atoms with Crippen LogP contribution in [0.4, 0.5) is 0 Å². The lowest BCUT2D eigenvalue weighted by atomic mass is 9.88. The fraction of sp³-hybridized carbons (Fsp3) is 0.447. The van der Waals surface area contributed by atoms with Crippen molar-refractivity contribution in [1.82, 2.24) is 0 Å². The molecule has 0 radical (unpaired) electrons. The Kier molecular flexibility index (Phi) is 18.0. The van der Waals surface area contributed by atoms with Crippen molar-refractivity contribution >= 4 is 17.9 Å². The molecule has 18 heteroatoms. The van der Waals surface area contributed by atoms with Gasteiger partial charge >= 0.3 is 17.9 Å².